The molecule has 2 aliphatic rings. The molecule has 2 heteroatoms. The van der Waals surface area contributed by atoms with Crippen LogP contribution in [0.3, 0.4) is 0 Å². The van der Waals surface area contributed by atoms with Gasteiger partial charge in [-0.1, -0.05) is 38.0 Å². The second kappa shape index (κ2) is 7.69. The lowest BCUT2D eigenvalue weighted by molar-refractivity contribution is 0.333. The normalized spacial score (nSPS) is 23.4. The first-order valence-electron chi connectivity index (χ1n) is 8.84. The summed E-state index contributed by atoms with van der Waals surface area (Å²) in [5.41, 5.74) is 1.58. The fourth-order valence-electron chi connectivity index (χ4n) is 3.97. The van der Waals surface area contributed by atoms with E-state index in [9.17, 15) is 0 Å². The van der Waals surface area contributed by atoms with Crippen LogP contribution in [-0.2, 0) is 6.42 Å². The predicted molar refractivity (Wildman–Crippen MR) is 93.1 cm³/mol. The lowest BCUT2D eigenvalue weighted by atomic mass is 9.92. The van der Waals surface area contributed by atoms with Crippen LogP contribution >= 0.6 is 11.8 Å². The Morgan fingerprint density at radius 1 is 1.24 bits per heavy atom. The van der Waals surface area contributed by atoms with Gasteiger partial charge in [0.05, 0.1) is 0 Å². The molecule has 0 aromatic heterocycles. The van der Waals surface area contributed by atoms with Gasteiger partial charge in [0.25, 0.3) is 0 Å². The van der Waals surface area contributed by atoms with E-state index in [2.05, 4.69) is 48.3 Å². The summed E-state index contributed by atoms with van der Waals surface area (Å²) in [5, 5.41) is 4.66. The quantitative estimate of drug-likeness (QED) is 0.757. The van der Waals surface area contributed by atoms with Crippen LogP contribution < -0.4 is 5.32 Å². The van der Waals surface area contributed by atoms with Crippen molar-refractivity contribution in [3.63, 3.8) is 0 Å². The van der Waals surface area contributed by atoms with Gasteiger partial charge in [0.1, 0.15) is 0 Å². The summed E-state index contributed by atoms with van der Waals surface area (Å²) in [5.74, 6) is 0.949. The number of thioether (sulfide) groups is 1. The average molecular weight is 304 g/mol. The summed E-state index contributed by atoms with van der Waals surface area (Å²) in [4.78, 5) is 1.53. The van der Waals surface area contributed by atoms with Gasteiger partial charge in [0.15, 0.2) is 0 Å². The van der Waals surface area contributed by atoms with Crippen molar-refractivity contribution in [1.82, 2.24) is 5.32 Å². The summed E-state index contributed by atoms with van der Waals surface area (Å²) in [6, 6.07) is 9.75. The van der Waals surface area contributed by atoms with E-state index in [1.54, 1.807) is 5.56 Å². The highest BCUT2D eigenvalue weighted by Crippen LogP contribution is 2.39. The van der Waals surface area contributed by atoms with Crippen molar-refractivity contribution < 1.29 is 0 Å². The Morgan fingerprint density at radius 2 is 2.05 bits per heavy atom. The van der Waals surface area contributed by atoms with Crippen LogP contribution in [0.1, 0.15) is 57.4 Å². The molecule has 0 bridgehead atoms. The zero-order valence-corrected chi connectivity index (χ0v) is 14.1. The molecular formula is C19H29NS. The Labute approximate surface area is 134 Å². The number of hydrogen-bond donors (Lipinski definition) is 1. The van der Waals surface area contributed by atoms with Gasteiger partial charge in [-0.15, -0.1) is 11.8 Å². The molecule has 1 aromatic carbocycles. The van der Waals surface area contributed by atoms with Crippen molar-refractivity contribution >= 4 is 11.8 Å². The molecule has 21 heavy (non-hydrogen) atoms. The Bertz CT molecular complexity index is 414. The highest BCUT2D eigenvalue weighted by Gasteiger charge is 2.27. The monoisotopic (exact) mass is 303 g/mol. The van der Waals surface area contributed by atoms with Crippen molar-refractivity contribution in [1.29, 1.82) is 0 Å². The van der Waals surface area contributed by atoms with E-state index in [-0.39, 0.29) is 0 Å². The summed E-state index contributed by atoms with van der Waals surface area (Å²) in [7, 11) is 0. The standard InChI is InChI=1S/C19H29NS/c1-2-13-20-18(15-7-3-4-8-15)12-11-17-14-16-9-5-6-10-19(16)21-17/h5-6,9-10,15,17-18,20H,2-4,7-8,11-14H2,1H3. The van der Waals surface area contributed by atoms with E-state index in [1.165, 1.54) is 62.8 Å². The summed E-state index contributed by atoms with van der Waals surface area (Å²) in [6.45, 7) is 3.47. The number of benzene rings is 1. The Kier molecular flexibility index (Phi) is 5.65. The van der Waals surface area contributed by atoms with Crippen LogP contribution in [0.4, 0.5) is 0 Å². The van der Waals surface area contributed by atoms with Gasteiger partial charge < -0.3 is 5.32 Å². The average Bonchev–Trinajstić information content (AvgIpc) is 3.16. The van der Waals surface area contributed by atoms with Crippen molar-refractivity contribution in [3.05, 3.63) is 29.8 Å². The van der Waals surface area contributed by atoms with Gasteiger partial charge in [-0.25, -0.2) is 0 Å². The molecule has 2 unspecified atom stereocenters. The molecule has 0 spiro atoms. The van der Waals surface area contributed by atoms with Crippen LogP contribution in [0.15, 0.2) is 29.2 Å². The fourth-order valence-corrected chi connectivity index (χ4v) is 5.31. The summed E-state index contributed by atoms with van der Waals surface area (Å²) < 4.78 is 0. The number of hydrogen-bond acceptors (Lipinski definition) is 2. The van der Waals surface area contributed by atoms with Gasteiger partial charge in [0.2, 0.25) is 0 Å². The van der Waals surface area contributed by atoms with E-state index in [0.717, 1.165) is 17.2 Å². The van der Waals surface area contributed by atoms with Gasteiger partial charge in [-0.3, -0.25) is 0 Å². The molecule has 0 saturated heterocycles. The van der Waals surface area contributed by atoms with Gasteiger partial charge >= 0.3 is 0 Å². The smallest absolute Gasteiger partial charge is 0.0136 e. The Balaban J connectivity index is 1.50. The minimum absolute atomic E-state index is 0.775. The van der Waals surface area contributed by atoms with Crippen LogP contribution in [0.25, 0.3) is 0 Å². The first kappa shape index (κ1) is 15.4. The maximum Gasteiger partial charge on any atom is 0.0136 e. The van der Waals surface area contributed by atoms with Crippen molar-refractivity contribution in [2.24, 2.45) is 5.92 Å². The first-order chi connectivity index (χ1) is 10.4. The number of rotatable bonds is 7. The van der Waals surface area contributed by atoms with E-state index >= 15 is 0 Å². The maximum absolute atomic E-state index is 3.85. The Hall–Kier alpha value is -0.470. The van der Waals surface area contributed by atoms with E-state index < -0.39 is 0 Å². The van der Waals surface area contributed by atoms with Crippen LogP contribution in [0, 0.1) is 5.92 Å². The molecule has 1 fully saturated rings. The topological polar surface area (TPSA) is 12.0 Å². The van der Waals surface area contributed by atoms with Crippen molar-refractivity contribution in [2.45, 2.75) is 74.5 Å². The number of nitrogens with one attached hydrogen (secondary N) is 1. The molecular weight excluding hydrogens is 274 g/mol. The summed E-state index contributed by atoms with van der Waals surface area (Å²) >= 11 is 2.12. The lowest BCUT2D eigenvalue weighted by Gasteiger charge is -2.26. The molecule has 1 N–H and O–H groups in total. The predicted octanol–water partition coefficient (Wildman–Crippen LogP) is 5.04. The van der Waals surface area contributed by atoms with E-state index in [0.29, 0.717) is 0 Å². The third-order valence-electron chi connectivity index (χ3n) is 5.14. The van der Waals surface area contributed by atoms with Crippen molar-refractivity contribution in [3.8, 4) is 0 Å². The highest BCUT2D eigenvalue weighted by molar-refractivity contribution is 8.00. The molecule has 1 aliphatic carbocycles. The molecule has 1 aliphatic heterocycles. The highest BCUT2D eigenvalue weighted by atomic mass is 32.2. The molecule has 0 radical (unpaired) electrons. The van der Waals surface area contributed by atoms with Crippen LogP contribution in [0.2, 0.25) is 0 Å². The molecule has 2 atom stereocenters. The van der Waals surface area contributed by atoms with E-state index in [1.807, 2.05) is 0 Å². The zero-order chi connectivity index (χ0) is 14.5. The fraction of sp³-hybridized carbons (Fsp3) is 0.684. The zero-order valence-electron chi connectivity index (χ0n) is 13.3. The second-order valence-electron chi connectivity index (χ2n) is 6.73. The van der Waals surface area contributed by atoms with Crippen LogP contribution in [0.5, 0.6) is 0 Å². The number of fused-ring (bicyclic) bond motifs is 1. The molecule has 1 heterocycles. The second-order valence-corrected chi connectivity index (χ2v) is 8.08. The first-order valence-corrected chi connectivity index (χ1v) is 9.72. The minimum atomic E-state index is 0.775. The SMILES string of the molecule is CCCNC(CCC1Cc2ccccc2S1)C1CCCC1. The minimum Gasteiger partial charge on any atom is -0.314 e. The molecule has 1 aromatic rings. The van der Waals surface area contributed by atoms with Crippen molar-refractivity contribution in [2.75, 3.05) is 6.54 Å². The van der Waals surface area contributed by atoms with Gasteiger partial charge in [0, 0.05) is 16.2 Å². The molecule has 116 valence electrons. The molecule has 3 rings (SSSR count). The third-order valence-corrected chi connectivity index (χ3v) is 6.53. The lowest BCUT2D eigenvalue weighted by Crippen LogP contribution is -2.36. The molecule has 0 amide bonds. The summed E-state index contributed by atoms with van der Waals surface area (Å²) in [6.07, 6.45) is 11.1. The maximum atomic E-state index is 3.85. The van der Waals surface area contributed by atoms with Gasteiger partial charge in [-0.05, 0) is 62.6 Å². The molecule has 1 saturated carbocycles. The largest absolute Gasteiger partial charge is 0.314 e. The van der Waals surface area contributed by atoms with E-state index in [4.69, 9.17) is 0 Å². The van der Waals surface area contributed by atoms with Crippen LogP contribution in [-0.4, -0.2) is 17.8 Å². The molecule has 1 nitrogen and oxygen atoms in total. The third kappa shape index (κ3) is 4.04. The van der Waals surface area contributed by atoms with Gasteiger partial charge in [-0.2, -0.15) is 0 Å². The Morgan fingerprint density at radius 3 is 2.81 bits per heavy atom.